The molecular weight excluding hydrogens is 501 g/mol. The maximum Gasteiger partial charge on any atom is 0.115 e. The van der Waals surface area contributed by atoms with Gasteiger partial charge in [0.25, 0.3) is 0 Å². The van der Waals surface area contributed by atoms with Gasteiger partial charge in [-0.1, -0.05) is 110 Å². The van der Waals surface area contributed by atoms with Gasteiger partial charge in [-0.05, 0) is 77.5 Å². The lowest BCUT2D eigenvalue weighted by molar-refractivity contribution is 1.59. The summed E-state index contributed by atoms with van der Waals surface area (Å²) in [5.74, 6) is 0. The molecule has 4 aromatic carbocycles. The van der Waals surface area contributed by atoms with Crippen molar-refractivity contribution in [3.8, 4) is 0 Å². The largest absolute Gasteiger partial charge is 0.143 e. The Morgan fingerprint density at radius 2 is 0.838 bits per heavy atom. The van der Waals surface area contributed by atoms with Crippen molar-refractivity contribution >= 4 is 72.5 Å². The summed E-state index contributed by atoms with van der Waals surface area (Å²) >= 11 is 3.74. The summed E-state index contributed by atoms with van der Waals surface area (Å²) in [6, 6.07) is 40.0. The van der Waals surface area contributed by atoms with Crippen molar-refractivity contribution in [3.63, 3.8) is 0 Å². The zero-order valence-corrected chi connectivity index (χ0v) is 23.5. The van der Waals surface area contributed by atoms with Crippen LogP contribution < -0.4 is 0 Å². The Kier molecular flexibility index (Phi) is 5.40. The van der Waals surface area contributed by atoms with E-state index in [1.807, 2.05) is 22.7 Å². The molecule has 3 heteroatoms. The minimum Gasteiger partial charge on any atom is -0.143 e. The number of hydrogen-bond acceptors (Lipinski definition) is 2. The molecule has 0 N–H and O–H groups in total. The van der Waals surface area contributed by atoms with Crippen LogP contribution in [0.1, 0.15) is 22.3 Å². The Balaban J connectivity index is 1.64. The van der Waals surface area contributed by atoms with Gasteiger partial charge in [0.15, 0.2) is 0 Å². The lowest BCUT2D eigenvalue weighted by Crippen LogP contribution is -2.28. The van der Waals surface area contributed by atoms with E-state index >= 15 is 0 Å². The normalized spacial score (nSPS) is 15.3. The highest BCUT2D eigenvalue weighted by Crippen LogP contribution is 2.57. The summed E-state index contributed by atoms with van der Waals surface area (Å²) in [7, 11) is -2.16. The van der Waals surface area contributed by atoms with Crippen LogP contribution in [0.25, 0.3) is 41.7 Å². The molecule has 0 aliphatic carbocycles. The molecule has 0 saturated carbocycles. The second-order valence-electron chi connectivity index (χ2n) is 10.1. The van der Waals surface area contributed by atoms with Gasteiger partial charge in [0.05, 0.1) is 0 Å². The molecule has 0 nitrogen and oxygen atoms in total. The Morgan fingerprint density at radius 3 is 1.27 bits per heavy atom. The van der Waals surface area contributed by atoms with Crippen LogP contribution in [-0.4, -0.2) is 8.07 Å². The molecule has 1 aliphatic heterocycles. The monoisotopic (exact) mass is 526 g/mol. The van der Waals surface area contributed by atoms with E-state index in [1.165, 1.54) is 53.6 Å². The summed E-state index contributed by atoms with van der Waals surface area (Å²) < 4.78 is 2.72. The van der Waals surface area contributed by atoms with Gasteiger partial charge < -0.3 is 0 Å². The summed E-state index contributed by atoms with van der Waals surface area (Å²) in [6.45, 7) is 5.13. The van der Waals surface area contributed by atoms with E-state index in [4.69, 9.17) is 0 Å². The molecule has 2 aromatic heterocycles. The lowest BCUT2D eigenvalue weighted by Gasteiger charge is -2.26. The first kappa shape index (κ1) is 22.7. The summed E-state index contributed by atoms with van der Waals surface area (Å²) in [6.07, 6.45) is 0. The Labute approximate surface area is 226 Å². The third-order valence-corrected chi connectivity index (χ3v) is 13.1. The van der Waals surface area contributed by atoms with Gasteiger partial charge in [-0.2, -0.15) is 0 Å². The minimum absolute atomic E-state index is 1.31. The predicted molar refractivity (Wildman–Crippen MR) is 168 cm³/mol. The zero-order valence-electron chi connectivity index (χ0n) is 20.9. The van der Waals surface area contributed by atoms with Gasteiger partial charge in [0, 0.05) is 9.40 Å². The smallest absolute Gasteiger partial charge is 0.115 e. The van der Waals surface area contributed by atoms with Crippen molar-refractivity contribution in [2.45, 2.75) is 13.1 Å². The van der Waals surface area contributed by atoms with Crippen molar-refractivity contribution < 1.29 is 0 Å². The Morgan fingerprint density at radius 1 is 0.459 bits per heavy atom. The highest BCUT2D eigenvalue weighted by Gasteiger charge is 2.45. The second-order valence-corrected chi connectivity index (χ2v) is 16.2. The highest BCUT2D eigenvalue weighted by molar-refractivity contribution is 7.20. The number of fused-ring (bicyclic) bond motifs is 2. The average Bonchev–Trinajstić information content (AvgIpc) is 3.61. The standard InChI is InChI=1S/C34H26S2Si/c1-37(2)33(27-21-35-29-19-11-9-17-25(27)29)31(23-13-5-3-6-14-23)32(24-15-7-4-8-16-24)34(37)28-22-36-30-20-12-10-18-26(28)30/h3-22H,1-2H3. The van der Waals surface area contributed by atoms with Crippen LogP contribution in [0.3, 0.4) is 0 Å². The highest BCUT2D eigenvalue weighted by atomic mass is 32.1. The van der Waals surface area contributed by atoms with Crippen LogP contribution in [0.5, 0.6) is 0 Å². The van der Waals surface area contributed by atoms with E-state index in [9.17, 15) is 0 Å². The zero-order chi connectivity index (χ0) is 25.0. The summed E-state index contributed by atoms with van der Waals surface area (Å²) in [5.41, 5.74) is 8.27. The van der Waals surface area contributed by atoms with Crippen molar-refractivity contribution in [2.24, 2.45) is 0 Å². The molecule has 0 saturated heterocycles. The fraction of sp³-hybridized carbons (Fsp3) is 0.0588. The Bertz CT molecular complexity index is 1700. The molecule has 0 amide bonds. The first-order valence-electron chi connectivity index (χ1n) is 12.7. The third kappa shape index (κ3) is 3.53. The third-order valence-electron chi connectivity index (χ3n) is 7.63. The van der Waals surface area contributed by atoms with E-state index in [2.05, 4.69) is 133 Å². The van der Waals surface area contributed by atoms with E-state index in [0.29, 0.717) is 0 Å². The number of thiophene rings is 2. The first-order chi connectivity index (χ1) is 18.1. The molecule has 0 unspecified atom stereocenters. The van der Waals surface area contributed by atoms with E-state index in [1.54, 1.807) is 10.4 Å². The number of hydrogen-bond donors (Lipinski definition) is 0. The van der Waals surface area contributed by atoms with Crippen LogP contribution >= 0.6 is 22.7 Å². The second kappa shape index (κ2) is 8.81. The molecule has 7 rings (SSSR count). The van der Waals surface area contributed by atoms with E-state index in [-0.39, 0.29) is 0 Å². The molecule has 1 aliphatic rings. The first-order valence-corrected chi connectivity index (χ1v) is 17.4. The van der Waals surface area contributed by atoms with E-state index < -0.39 is 8.07 Å². The maximum absolute atomic E-state index is 2.56. The van der Waals surface area contributed by atoms with E-state index in [0.717, 1.165) is 0 Å². The van der Waals surface area contributed by atoms with Gasteiger partial charge in [-0.25, -0.2) is 0 Å². The fourth-order valence-corrected chi connectivity index (χ4v) is 12.0. The van der Waals surface area contributed by atoms with Crippen LogP contribution in [0.15, 0.2) is 120 Å². The molecule has 0 bridgehead atoms. The van der Waals surface area contributed by atoms with Crippen LogP contribution in [0.2, 0.25) is 13.1 Å². The average molecular weight is 527 g/mol. The maximum atomic E-state index is 2.56. The predicted octanol–water partition coefficient (Wildman–Crippen LogP) is 10.4. The number of rotatable bonds is 4. The van der Waals surface area contributed by atoms with Gasteiger partial charge in [0.1, 0.15) is 8.07 Å². The molecule has 0 fully saturated rings. The van der Waals surface area contributed by atoms with Crippen LogP contribution in [0.4, 0.5) is 0 Å². The van der Waals surface area contributed by atoms with Crippen molar-refractivity contribution in [2.75, 3.05) is 0 Å². The minimum atomic E-state index is -2.16. The lowest BCUT2D eigenvalue weighted by atomic mass is 9.89. The molecule has 0 atom stereocenters. The topological polar surface area (TPSA) is 0 Å². The molecule has 0 radical (unpaired) electrons. The quantitative estimate of drug-likeness (QED) is 0.200. The SMILES string of the molecule is C[Si]1(C)C(c2csc3ccccc23)=C(c2ccccc2)C(c2ccccc2)=C1c1csc2ccccc12. The molecule has 0 spiro atoms. The van der Waals surface area contributed by atoms with Crippen LogP contribution in [-0.2, 0) is 0 Å². The van der Waals surface area contributed by atoms with Gasteiger partial charge in [-0.3, -0.25) is 0 Å². The fourth-order valence-electron chi connectivity index (χ4n) is 6.07. The van der Waals surface area contributed by atoms with Crippen molar-refractivity contribution in [3.05, 3.63) is 142 Å². The molecular formula is C34H26S2Si. The van der Waals surface area contributed by atoms with Gasteiger partial charge in [0.2, 0.25) is 0 Å². The van der Waals surface area contributed by atoms with Crippen LogP contribution in [0, 0.1) is 0 Å². The summed E-state index contributed by atoms with van der Waals surface area (Å²) in [5, 5.41) is 10.7. The Hall–Kier alpha value is -3.50. The van der Waals surface area contributed by atoms with Crippen molar-refractivity contribution in [1.82, 2.24) is 0 Å². The molecule has 178 valence electrons. The molecule has 3 heterocycles. The molecule has 6 aromatic rings. The molecule has 37 heavy (non-hydrogen) atoms. The van der Waals surface area contributed by atoms with Gasteiger partial charge in [-0.15, -0.1) is 22.7 Å². The number of benzene rings is 4. The number of allylic oxidation sites excluding steroid dienone is 2. The van der Waals surface area contributed by atoms with Crippen molar-refractivity contribution in [1.29, 1.82) is 0 Å². The van der Waals surface area contributed by atoms with Gasteiger partial charge >= 0.3 is 0 Å². The summed E-state index contributed by atoms with van der Waals surface area (Å²) in [4.78, 5) is 0.